The fourth-order valence-corrected chi connectivity index (χ4v) is 4.24. The quantitative estimate of drug-likeness (QED) is 0.535. The fraction of sp³-hybridized carbons (Fsp3) is 0.125. The van der Waals surface area contributed by atoms with Crippen molar-refractivity contribution in [2.75, 3.05) is 0 Å². The lowest BCUT2D eigenvalue weighted by molar-refractivity contribution is 0.416. The molecule has 0 saturated heterocycles. The van der Waals surface area contributed by atoms with E-state index < -0.39 is 0 Å². The van der Waals surface area contributed by atoms with E-state index in [4.69, 9.17) is 9.51 Å². The van der Waals surface area contributed by atoms with Gasteiger partial charge in [0.1, 0.15) is 11.3 Å². The molecule has 4 nitrogen and oxygen atoms in total. The molecule has 4 aromatic heterocycles. The number of nitrogens with zero attached hydrogens (tertiary/aromatic N) is 3. The van der Waals surface area contributed by atoms with Gasteiger partial charge in [-0.3, -0.25) is 4.57 Å². The summed E-state index contributed by atoms with van der Waals surface area (Å²) in [7, 11) is 0. The third-order valence-corrected chi connectivity index (χ3v) is 5.48. The predicted molar refractivity (Wildman–Crippen MR) is 89.7 cm³/mol. The number of thiazole rings is 1. The smallest absolute Gasteiger partial charge is 0.180 e. The van der Waals surface area contributed by atoms with Crippen molar-refractivity contribution in [3.63, 3.8) is 0 Å². The Bertz CT molecular complexity index is 902. The van der Waals surface area contributed by atoms with Crippen LogP contribution >= 0.6 is 22.7 Å². The van der Waals surface area contributed by atoms with Crippen molar-refractivity contribution in [3.05, 3.63) is 52.7 Å². The van der Waals surface area contributed by atoms with E-state index in [1.165, 1.54) is 4.88 Å². The summed E-state index contributed by atoms with van der Waals surface area (Å²) in [4.78, 5) is 6.00. The Labute approximate surface area is 135 Å². The lowest BCUT2D eigenvalue weighted by Gasteiger charge is -2.04. The van der Waals surface area contributed by atoms with Crippen molar-refractivity contribution in [3.8, 4) is 27.0 Å². The van der Waals surface area contributed by atoms with Crippen LogP contribution in [0.3, 0.4) is 0 Å². The number of hydrogen-bond acceptors (Lipinski definition) is 5. The molecule has 4 rings (SSSR count). The molecule has 0 radical (unpaired) electrons. The molecule has 0 fully saturated rings. The van der Waals surface area contributed by atoms with E-state index in [9.17, 15) is 0 Å². The van der Waals surface area contributed by atoms with Crippen LogP contribution in [0.15, 0.2) is 45.8 Å². The minimum absolute atomic E-state index is 0.801. The first-order valence-electron chi connectivity index (χ1n) is 6.83. The highest BCUT2D eigenvalue weighted by atomic mass is 32.1. The minimum atomic E-state index is 0.801. The summed E-state index contributed by atoms with van der Waals surface area (Å²) in [5, 5.41) is 9.29. The van der Waals surface area contributed by atoms with E-state index in [1.807, 2.05) is 6.07 Å². The summed E-state index contributed by atoms with van der Waals surface area (Å²) in [6.07, 6.45) is 1.59. The van der Waals surface area contributed by atoms with Crippen molar-refractivity contribution in [1.29, 1.82) is 0 Å². The van der Waals surface area contributed by atoms with E-state index >= 15 is 0 Å². The summed E-state index contributed by atoms with van der Waals surface area (Å²) in [6.45, 7) is 4.15. The number of thiophene rings is 1. The molecule has 0 aromatic carbocycles. The van der Waals surface area contributed by atoms with Crippen LogP contribution < -0.4 is 0 Å². The molecular formula is C16H13N3OS2. The molecule has 6 heteroatoms. The number of rotatable bonds is 3. The third-order valence-electron chi connectivity index (χ3n) is 3.60. The molecule has 0 aliphatic heterocycles. The van der Waals surface area contributed by atoms with Gasteiger partial charge in [0.15, 0.2) is 5.82 Å². The normalized spacial score (nSPS) is 11.2. The average molecular weight is 327 g/mol. The van der Waals surface area contributed by atoms with Crippen LogP contribution in [0.4, 0.5) is 0 Å². The van der Waals surface area contributed by atoms with Gasteiger partial charge >= 0.3 is 0 Å². The largest absolute Gasteiger partial charge is 0.363 e. The lowest BCUT2D eigenvalue weighted by Crippen LogP contribution is -1.99. The van der Waals surface area contributed by atoms with Crippen LogP contribution in [0.25, 0.3) is 27.0 Å². The molecule has 0 N–H and O–H groups in total. The van der Waals surface area contributed by atoms with Gasteiger partial charge in [-0.2, -0.15) is 0 Å². The van der Waals surface area contributed by atoms with Gasteiger partial charge in [0, 0.05) is 28.4 Å². The highest BCUT2D eigenvalue weighted by molar-refractivity contribution is 7.20. The highest BCUT2D eigenvalue weighted by Gasteiger charge is 2.16. The Morgan fingerprint density at radius 2 is 2.09 bits per heavy atom. The van der Waals surface area contributed by atoms with Gasteiger partial charge in [-0.1, -0.05) is 11.2 Å². The minimum Gasteiger partial charge on any atom is -0.363 e. The first kappa shape index (κ1) is 13.5. The summed E-state index contributed by atoms with van der Waals surface area (Å²) < 4.78 is 7.05. The second-order valence-electron chi connectivity index (χ2n) is 4.99. The average Bonchev–Trinajstić information content (AvgIpc) is 3.26. The Morgan fingerprint density at radius 1 is 1.18 bits per heavy atom. The van der Waals surface area contributed by atoms with Gasteiger partial charge in [-0.05, 0) is 31.4 Å². The van der Waals surface area contributed by atoms with Crippen LogP contribution in [-0.4, -0.2) is 14.7 Å². The van der Waals surface area contributed by atoms with Crippen LogP contribution in [0.2, 0.25) is 0 Å². The fourth-order valence-electron chi connectivity index (χ4n) is 2.61. The van der Waals surface area contributed by atoms with Crippen molar-refractivity contribution in [2.24, 2.45) is 0 Å². The van der Waals surface area contributed by atoms with Gasteiger partial charge in [0.25, 0.3) is 0 Å². The zero-order chi connectivity index (χ0) is 15.1. The predicted octanol–water partition coefficient (Wildman–Crippen LogP) is 4.93. The first-order valence-corrected chi connectivity index (χ1v) is 8.59. The van der Waals surface area contributed by atoms with Gasteiger partial charge < -0.3 is 4.52 Å². The number of aromatic nitrogens is 3. The van der Waals surface area contributed by atoms with E-state index in [1.54, 1.807) is 28.9 Å². The van der Waals surface area contributed by atoms with Gasteiger partial charge in [-0.25, -0.2) is 4.98 Å². The molecule has 0 amide bonds. The molecule has 110 valence electrons. The van der Waals surface area contributed by atoms with Gasteiger partial charge in [0.2, 0.25) is 0 Å². The Hall–Kier alpha value is -2.18. The van der Waals surface area contributed by atoms with E-state index in [0.717, 1.165) is 33.5 Å². The van der Waals surface area contributed by atoms with Gasteiger partial charge in [-0.15, -0.1) is 22.7 Å². The summed E-state index contributed by atoms with van der Waals surface area (Å²) in [6, 6.07) is 8.17. The van der Waals surface area contributed by atoms with Crippen LogP contribution in [0.1, 0.15) is 11.4 Å². The van der Waals surface area contributed by atoms with Crippen LogP contribution in [0.5, 0.6) is 0 Å². The molecule has 0 aliphatic carbocycles. The van der Waals surface area contributed by atoms with Crippen LogP contribution in [-0.2, 0) is 0 Å². The maximum atomic E-state index is 4.96. The molecule has 0 aliphatic rings. The van der Waals surface area contributed by atoms with Crippen molar-refractivity contribution in [2.45, 2.75) is 13.8 Å². The maximum Gasteiger partial charge on any atom is 0.180 e. The molecule has 0 unspecified atom stereocenters. The number of aryl methyl sites for hydroxylation is 1. The Morgan fingerprint density at radius 3 is 2.82 bits per heavy atom. The SMILES string of the molecule is Cc1cc(-c2csc(-c3cccs3)n2)c(C)n1-c1ccon1. The monoisotopic (exact) mass is 327 g/mol. The van der Waals surface area contributed by atoms with E-state index in [-0.39, 0.29) is 0 Å². The molecule has 0 saturated carbocycles. The number of hydrogen-bond donors (Lipinski definition) is 0. The zero-order valence-electron chi connectivity index (χ0n) is 12.1. The molecule has 4 heterocycles. The summed E-state index contributed by atoms with van der Waals surface area (Å²) in [5.74, 6) is 0.801. The second kappa shape index (κ2) is 5.23. The van der Waals surface area contributed by atoms with Crippen molar-refractivity contribution < 1.29 is 4.52 Å². The van der Waals surface area contributed by atoms with E-state index in [0.29, 0.717) is 0 Å². The van der Waals surface area contributed by atoms with Crippen molar-refractivity contribution in [1.82, 2.24) is 14.7 Å². The summed E-state index contributed by atoms with van der Waals surface area (Å²) in [5.41, 5.74) is 4.39. The Kier molecular flexibility index (Phi) is 3.20. The van der Waals surface area contributed by atoms with Gasteiger partial charge in [0.05, 0.1) is 10.6 Å². The molecule has 0 atom stereocenters. The third kappa shape index (κ3) is 2.12. The topological polar surface area (TPSA) is 43.9 Å². The van der Waals surface area contributed by atoms with Crippen molar-refractivity contribution >= 4 is 22.7 Å². The van der Waals surface area contributed by atoms with Crippen LogP contribution in [0, 0.1) is 13.8 Å². The van der Waals surface area contributed by atoms with E-state index in [2.05, 4.69) is 52.5 Å². The maximum absolute atomic E-state index is 4.96. The molecule has 22 heavy (non-hydrogen) atoms. The Balaban J connectivity index is 1.80. The highest BCUT2D eigenvalue weighted by Crippen LogP contribution is 2.34. The molecule has 0 bridgehead atoms. The zero-order valence-corrected chi connectivity index (χ0v) is 13.7. The second-order valence-corrected chi connectivity index (χ2v) is 6.80. The lowest BCUT2D eigenvalue weighted by atomic mass is 10.2. The molecule has 4 aromatic rings. The first-order chi connectivity index (χ1) is 10.7. The molecular weight excluding hydrogens is 314 g/mol. The summed E-state index contributed by atoms with van der Waals surface area (Å²) >= 11 is 3.39. The molecule has 0 spiro atoms. The standard InChI is InChI=1S/C16H13N3OS2/c1-10-8-12(11(2)19(10)15-5-6-20-18-15)13-9-22-16(17-13)14-4-3-7-21-14/h3-9H,1-2H3.